The molecular formula is C22H16O3. The fourth-order valence-electron chi connectivity index (χ4n) is 3.24. The summed E-state index contributed by atoms with van der Waals surface area (Å²) in [5.41, 5.74) is 0.917. The second-order valence-electron chi connectivity index (χ2n) is 5.97. The summed E-state index contributed by atoms with van der Waals surface area (Å²) in [5, 5.41) is 13.4. The summed E-state index contributed by atoms with van der Waals surface area (Å²) in [7, 11) is 0. The van der Waals surface area contributed by atoms with Crippen molar-refractivity contribution in [3.63, 3.8) is 0 Å². The zero-order valence-electron chi connectivity index (χ0n) is 13.5. The van der Waals surface area contributed by atoms with E-state index in [1.807, 2.05) is 42.5 Å². The maximum absolute atomic E-state index is 12.5. The minimum absolute atomic E-state index is 0.0510. The van der Waals surface area contributed by atoms with Crippen LogP contribution in [0, 0.1) is 0 Å². The van der Waals surface area contributed by atoms with E-state index in [1.54, 1.807) is 30.3 Å². The Morgan fingerprint density at radius 2 is 1.68 bits per heavy atom. The van der Waals surface area contributed by atoms with Gasteiger partial charge in [0, 0.05) is 5.92 Å². The number of rotatable bonds is 3. The van der Waals surface area contributed by atoms with Gasteiger partial charge in [-0.15, -0.1) is 6.58 Å². The minimum Gasteiger partial charge on any atom is -0.507 e. The molecule has 122 valence electrons. The second kappa shape index (κ2) is 5.95. The summed E-state index contributed by atoms with van der Waals surface area (Å²) in [6, 6.07) is 20.9. The maximum Gasteiger partial charge on any atom is 0.344 e. The Morgan fingerprint density at radius 3 is 2.48 bits per heavy atom. The highest BCUT2D eigenvalue weighted by Crippen LogP contribution is 2.35. The number of para-hydroxylation sites is 1. The summed E-state index contributed by atoms with van der Waals surface area (Å²) in [5.74, 6) is -0.504. The molecule has 0 fully saturated rings. The van der Waals surface area contributed by atoms with E-state index >= 15 is 0 Å². The number of hydrogen-bond acceptors (Lipinski definition) is 3. The average molecular weight is 328 g/mol. The molecule has 0 saturated carbocycles. The summed E-state index contributed by atoms with van der Waals surface area (Å²) < 4.78 is 5.40. The van der Waals surface area contributed by atoms with Gasteiger partial charge in [-0.25, -0.2) is 4.79 Å². The molecule has 4 rings (SSSR count). The highest BCUT2D eigenvalue weighted by molar-refractivity contribution is 5.85. The van der Waals surface area contributed by atoms with Crippen molar-refractivity contribution in [3.8, 4) is 5.75 Å². The summed E-state index contributed by atoms with van der Waals surface area (Å²) in [4.78, 5) is 12.5. The minimum atomic E-state index is -0.547. The summed E-state index contributed by atoms with van der Waals surface area (Å²) >= 11 is 0. The zero-order chi connectivity index (χ0) is 17.4. The van der Waals surface area contributed by atoms with Gasteiger partial charge in [-0.1, -0.05) is 60.7 Å². The van der Waals surface area contributed by atoms with Gasteiger partial charge in [-0.2, -0.15) is 0 Å². The molecule has 1 N–H and O–H groups in total. The van der Waals surface area contributed by atoms with Gasteiger partial charge in [0.1, 0.15) is 11.3 Å². The van der Waals surface area contributed by atoms with Crippen LogP contribution in [0.1, 0.15) is 17.0 Å². The van der Waals surface area contributed by atoms with Gasteiger partial charge >= 0.3 is 5.63 Å². The Morgan fingerprint density at radius 1 is 0.960 bits per heavy atom. The number of fused-ring (bicyclic) bond motifs is 2. The highest BCUT2D eigenvalue weighted by Gasteiger charge is 2.22. The van der Waals surface area contributed by atoms with Crippen molar-refractivity contribution >= 4 is 21.7 Å². The molecule has 3 aromatic carbocycles. The second-order valence-corrected chi connectivity index (χ2v) is 5.97. The molecule has 4 aromatic rings. The van der Waals surface area contributed by atoms with Crippen molar-refractivity contribution in [2.45, 2.75) is 5.92 Å². The first kappa shape index (κ1) is 15.2. The molecular weight excluding hydrogens is 312 g/mol. The zero-order valence-corrected chi connectivity index (χ0v) is 13.5. The molecule has 0 radical (unpaired) electrons. The fourth-order valence-corrected chi connectivity index (χ4v) is 3.24. The molecule has 3 nitrogen and oxygen atoms in total. The maximum atomic E-state index is 12.5. The Kier molecular flexibility index (Phi) is 3.62. The van der Waals surface area contributed by atoms with Gasteiger partial charge in [0.15, 0.2) is 0 Å². The smallest absolute Gasteiger partial charge is 0.344 e. The van der Waals surface area contributed by atoms with Crippen LogP contribution < -0.4 is 5.63 Å². The van der Waals surface area contributed by atoms with Crippen LogP contribution >= 0.6 is 0 Å². The molecule has 1 aromatic heterocycles. The molecule has 1 heterocycles. The molecule has 0 spiro atoms. The van der Waals surface area contributed by atoms with E-state index in [9.17, 15) is 9.90 Å². The third-order valence-electron chi connectivity index (χ3n) is 4.50. The molecule has 1 unspecified atom stereocenters. The van der Waals surface area contributed by atoms with E-state index in [1.165, 1.54) is 0 Å². The standard InChI is InChI=1S/C22H16O3/c1-2-17(16-12-11-14-7-3-4-8-15(14)13-16)20-21(23)18-9-5-6-10-19(18)25-22(20)24/h2-13,17,23H,1H2. The van der Waals surface area contributed by atoms with E-state index in [2.05, 4.69) is 6.58 Å². The first-order valence-electron chi connectivity index (χ1n) is 8.05. The lowest BCUT2D eigenvalue weighted by atomic mass is 9.89. The Bertz CT molecular complexity index is 1150. The van der Waals surface area contributed by atoms with Crippen LogP contribution in [-0.4, -0.2) is 5.11 Å². The predicted molar refractivity (Wildman–Crippen MR) is 100 cm³/mol. The van der Waals surface area contributed by atoms with E-state index in [-0.39, 0.29) is 11.3 Å². The molecule has 1 atom stereocenters. The van der Waals surface area contributed by atoms with Crippen molar-refractivity contribution < 1.29 is 9.52 Å². The van der Waals surface area contributed by atoms with Crippen LogP contribution in [0.2, 0.25) is 0 Å². The molecule has 0 bridgehead atoms. The lowest BCUT2D eigenvalue weighted by Crippen LogP contribution is -2.12. The van der Waals surface area contributed by atoms with Gasteiger partial charge in [0.2, 0.25) is 0 Å². The number of allylic oxidation sites excluding steroid dienone is 1. The van der Waals surface area contributed by atoms with Crippen molar-refractivity contribution in [1.82, 2.24) is 0 Å². The van der Waals surface area contributed by atoms with Gasteiger partial charge in [-0.05, 0) is 28.5 Å². The first-order valence-corrected chi connectivity index (χ1v) is 8.05. The lowest BCUT2D eigenvalue weighted by Gasteiger charge is -2.15. The van der Waals surface area contributed by atoms with Gasteiger partial charge < -0.3 is 9.52 Å². The summed E-state index contributed by atoms with van der Waals surface area (Å²) in [6.07, 6.45) is 1.66. The van der Waals surface area contributed by atoms with Crippen LogP contribution in [0.3, 0.4) is 0 Å². The largest absolute Gasteiger partial charge is 0.507 e. The predicted octanol–water partition coefficient (Wildman–Crippen LogP) is 4.97. The third kappa shape index (κ3) is 2.50. The third-order valence-corrected chi connectivity index (χ3v) is 4.50. The molecule has 0 aliphatic heterocycles. The van der Waals surface area contributed by atoms with Gasteiger partial charge in [0.25, 0.3) is 0 Å². The van der Waals surface area contributed by atoms with Gasteiger partial charge in [-0.3, -0.25) is 0 Å². The highest BCUT2D eigenvalue weighted by atomic mass is 16.4. The summed E-state index contributed by atoms with van der Waals surface area (Å²) in [6.45, 7) is 3.86. The molecule has 3 heteroatoms. The molecule has 25 heavy (non-hydrogen) atoms. The molecule has 0 aliphatic rings. The number of hydrogen-bond donors (Lipinski definition) is 1. The van der Waals surface area contributed by atoms with Crippen LogP contribution in [-0.2, 0) is 0 Å². The van der Waals surface area contributed by atoms with E-state index in [4.69, 9.17) is 4.42 Å². The topological polar surface area (TPSA) is 50.4 Å². The molecule has 0 saturated heterocycles. The quantitative estimate of drug-likeness (QED) is 0.427. The Balaban J connectivity index is 1.95. The number of aromatic hydroxyl groups is 1. The number of benzene rings is 3. The van der Waals surface area contributed by atoms with E-state index in [0.717, 1.165) is 16.3 Å². The van der Waals surface area contributed by atoms with Crippen molar-refractivity contribution in [2.75, 3.05) is 0 Å². The van der Waals surface area contributed by atoms with Crippen molar-refractivity contribution in [1.29, 1.82) is 0 Å². The molecule has 0 aliphatic carbocycles. The Hall–Kier alpha value is -3.33. The average Bonchev–Trinajstić information content (AvgIpc) is 2.64. The SMILES string of the molecule is C=CC(c1ccc2ccccc2c1)c1c(O)c2ccccc2oc1=O. The Labute approximate surface area is 144 Å². The van der Waals surface area contributed by atoms with Crippen LogP contribution in [0.4, 0.5) is 0 Å². The van der Waals surface area contributed by atoms with Gasteiger partial charge in [0.05, 0.1) is 10.9 Å². The van der Waals surface area contributed by atoms with Crippen molar-refractivity contribution in [2.24, 2.45) is 0 Å². The molecule has 0 amide bonds. The van der Waals surface area contributed by atoms with Crippen LogP contribution in [0.25, 0.3) is 21.7 Å². The monoisotopic (exact) mass is 328 g/mol. The van der Waals surface area contributed by atoms with Crippen LogP contribution in [0.5, 0.6) is 5.75 Å². The van der Waals surface area contributed by atoms with E-state index < -0.39 is 11.5 Å². The van der Waals surface area contributed by atoms with Crippen LogP contribution in [0.15, 0.2) is 88.6 Å². The van der Waals surface area contributed by atoms with Crippen molar-refractivity contribution in [3.05, 3.63) is 101 Å². The lowest BCUT2D eigenvalue weighted by molar-refractivity contribution is 0.456. The normalized spacial score (nSPS) is 12.3. The van der Waals surface area contributed by atoms with E-state index in [0.29, 0.717) is 11.0 Å². The fraction of sp³-hybridized carbons (Fsp3) is 0.0455. The first-order chi connectivity index (χ1) is 12.2.